The van der Waals surface area contributed by atoms with Crippen molar-refractivity contribution in [3.8, 4) is 11.8 Å². The van der Waals surface area contributed by atoms with Gasteiger partial charge in [0, 0.05) is 6.20 Å². The van der Waals surface area contributed by atoms with Crippen LogP contribution in [0.15, 0.2) is 12.3 Å². The lowest BCUT2D eigenvalue weighted by atomic mass is 10.3. The van der Waals surface area contributed by atoms with Gasteiger partial charge in [0.25, 0.3) is 0 Å². The van der Waals surface area contributed by atoms with Gasteiger partial charge in [-0.2, -0.15) is 0 Å². The number of ether oxygens (including phenoxy) is 1. The molecule has 1 rings (SSSR count). The zero-order chi connectivity index (χ0) is 11.3. The molecule has 0 amide bonds. The molecule has 0 bridgehead atoms. The number of nitrogens with zero attached hydrogens (tertiary/aromatic N) is 1. The van der Waals surface area contributed by atoms with E-state index in [4.69, 9.17) is 23.2 Å². The van der Waals surface area contributed by atoms with Crippen molar-refractivity contribution < 1.29 is 9.53 Å². The van der Waals surface area contributed by atoms with Gasteiger partial charge < -0.3 is 4.74 Å². The van der Waals surface area contributed by atoms with Gasteiger partial charge in [0.1, 0.15) is 12.1 Å². The van der Waals surface area contributed by atoms with Crippen molar-refractivity contribution in [1.82, 2.24) is 4.98 Å². The van der Waals surface area contributed by atoms with Crippen molar-refractivity contribution in [1.29, 1.82) is 0 Å². The minimum Gasteiger partial charge on any atom is -0.468 e. The smallest absolute Gasteiger partial charge is 0.317 e. The Balaban J connectivity index is 2.76. The third-order valence-electron chi connectivity index (χ3n) is 1.47. The van der Waals surface area contributed by atoms with E-state index in [1.165, 1.54) is 19.4 Å². The summed E-state index contributed by atoms with van der Waals surface area (Å²) in [5, 5.41) is 0.804. The second-order valence-corrected chi connectivity index (χ2v) is 3.38. The number of aromatic nitrogens is 1. The molecule has 0 saturated heterocycles. The van der Waals surface area contributed by atoms with Crippen LogP contribution in [0.1, 0.15) is 12.1 Å². The summed E-state index contributed by atoms with van der Waals surface area (Å²) in [7, 11) is 1.30. The fourth-order valence-corrected chi connectivity index (χ4v) is 1.21. The van der Waals surface area contributed by atoms with Crippen LogP contribution >= 0.6 is 23.2 Å². The number of methoxy groups -OCH3 is 1. The molecule has 3 nitrogen and oxygen atoms in total. The van der Waals surface area contributed by atoms with Gasteiger partial charge in [0.15, 0.2) is 0 Å². The van der Waals surface area contributed by atoms with Crippen LogP contribution < -0.4 is 0 Å². The standard InChI is InChI=1S/C10H7Cl2NO2/c1-15-10(14)4-2-3-9-8(12)5-7(11)6-13-9/h5-6H,4H2,1H3. The molecule has 0 aliphatic heterocycles. The predicted octanol–water partition coefficient (Wildman–Crippen LogP) is 2.30. The number of rotatable bonds is 1. The minimum absolute atomic E-state index is 0.0110. The van der Waals surface area contributed by atoms with E-state index in [1.54, 1.807) is 0 Å². The van der Waals surface area contributed by atoms with Gasteiger partial charge in [-0.25, -0.2) is 4.98 Å². The Morgan fingerprint density at radius 3 is 2.93 bits per heavy atom. The van der Waals surface area contributed by atoms with Crippen molar-refractivity contribution in [2.45, 2.75) is 6.42 Å². The van der Waals surface area contributed by atoms with Crippen molar-refractivity contribution in [3.63, 3.8) is 0 Å². The summed E-state index contributed by atoms with van der Waals surface area (Å²) in [6.45, 7) is 0. The minimum atomic E-state index is -0.396. The summed E-state index contributed by atoms with van der Waals surface area (Å²) < 4.78 is 4.42. The SMILES string of the molecule is COC(=O)CC#Cc1ncc(Cl)cc1Cl. The van der Waals surface area contributed by atoms with Gasteiger partial charge in [0.2, 0.25) is 0 Å². The maximum Gasteiger partial charge on any atom is 0.317 e. The molecule has 0 aliphatic carbocycles. The van der Waals surface area contributed by atoms with Gasteiger partial charge in [-0.05, 0) is 12.0 Å². The number of hydrogen-bond acceptors (Lipinski definition) is 3. The molecule has 0 fully saturated rings. The highest BCUT2D eigenvalue weighted by molar-refractivity contribution is 6.35. The van der Waals surface area contributed by atoms with Crippen molar-refractivity contribution in [2.24, 2.45) is 0 Å². The highest BCUT2D eigenvalue weighted by atomic mass is 35.5. The van der Waals surface area contributed by atoms with Gasteiger partial charge in [0.05, 0.1) is 17.2 Å². The molecule has 1 aromatic heterocycles. The Morgan fingerprint density at radius 1 is 1.60 bits per heavy atom. The lowest BCUT2D eigenvalue weighted by molar-refractivity contribution is -0.139. The third-order valence-corrected chi connectivity index (χ3v) is 1.97. The Hall–Kier alpha value is -1.24. The second-order valence-electron chi connectivity index (χ2n) is 2.54. The summed E-state index contributed by atoms with van der Waals surface area (Å²) in [6, 6.07) is 1.54. The van der Waals surface area contributed by atoms with E-state index in [1.807, 2.05) is 0 Å². The molecule has 0 aliphatic rings. The zero-order valence-corrected chi connectivity index (χ0v) is 9.39. The molecule has 0 atom stereocenters. The first kappa shape index (κ1) is 11.8. The van der Waals surface area contributed by atoms with Gasteiger partial charge in [-0.1, -0.05) is 29.1 Å². The summed E-state index contributed by atoms with van der Waals surface area (Å²) in [4.78, 5) is 14.7. The maximum absolute atomic E-state index is 10.7. The topological polar surface area (TPSA) is 39.2 Å². The first-order chi connectivity index (χ1) is 7.13. The first-order valence-electron chi connectivity index (χ1n) is 4.00. The number of halogens is 2. The summed E-state index contributed by atoms with van der Waals surface area (Å²) >= 11 is 11.5. The van der Waals surface area contributed by atoms with E-state index in [0.29, 0.717) is 15.7 Å². The molecular formula is C10H7Cl2NO2. The fourth-order valence-electron chi connectivity index (χ4n) is 0.779. The predicted molar refractivity (Wildman–Crippen MR) is 57.8 cm³/mol. The molecule has 15 heavy (non-hydrogen) atoms. The van der Waals surface area contributed by atoms with Crippen molar-refractivity contribution >= 4 is 29.2 Å². The number of carbonyl (C=O) groups excluding carboxylic acids is 1. The molecule has 0 unspecified atom stereocenters. The number of esters is 1. The lowest BCUT2D eigenvalue weighted by Crippen LogP contribution is -1.97. The molecule has 0 radical (unpaired) electrons. The molecule has 1 heterocycles. The molecule has 0 saturated carbocycles. The van der Waals surface area contributed by atoms with Gasteiger partial charge in [-0.3, -0.25) is 4.79 Å². The molecular weight excluding hydrogens is 237 g/mol. The van der Waals surface area contributed by atoms with Crippen LogP contribution in [0.4, 0.5) is 0 Å². The monoisotopic (exact) mass is 243 g/mol. The Bertz CT molecular complexity index is 435. The molecule has 1 aromatic rings. The van der Waals surface area contributed by atoms with Crippen LogP contribution in [-0.4, -0.2) is 18.1 Å². The quantitative estimate of drug-likeness (QED) is 0.562. The largest absolute Gasteiger partial charge is 0.468 e. The zero-order valence-electron chi connectivity index (χ0n) is 7.88. The van der Waals surface area contributed by atoms with Crippen LogP contribution in [-0.2, 0) is 9.53 Å². The van der Waals surface area contributed by atoms with E-state index < -0.39 is 5.97 Å². The van der Waals surface area contributed by atoms with E-state index in [-0.39, 0.29) is 6.42 Å². The van der Waals surface area contributed by atoms with Crippen LogP contribution in [0.25, 0.3) is 0 Å². The molecule has 78 valence electrons. The second kappa shape index (κ2) is 5.59. The normalized spacial score (nSPS) is 9.00. The molecule has 0 aromatic carbocycles. The fraction of sp³-hybridized carbons (Fsp3) is 0.200. The number of pyridine rings is 1. The average Bonchev–Trinajstić information content (AvgIpc) is 2.21. The van der Waals surface area contributed by atoms with E-state index >= 15 is 0 Å². The highest BCUT2D eigenvalue weighted by Gasteiger charge is 1.99. The van der Waals surface area contributed by atoms with Crippen LogP contribution in [0.3, 0.4) is 0 Å². The maximum atomic E-state index is 10.7. The van der Waals surface area contributed by atoms with Crippen LogP contribution in [0, 0.1) is 11.8 Å². The number of carbonyl (C=O) groups is 1. The summed E-state index contributed by atoms with van der Waals surface area (Å²) in [6.07, 6.45) is 1.45. The highest BCUT2D eigenvalue weighted by Crippen LogP contribution is 2.17. The number of hydrogen-bond donors (Lipinski definition) is 0. The first-order valence-corrected chi connectivity index (χ1v) is 4.76. The third kappa shape index (κ3) is 3.78. The lowest BCUT2D eigenvalue weighted by Gasteiger charge is -1.94. The van der Waals surface area contributed by atoms with Crippen LogP contribution in [0.5, 0.6) is 0 Å². The Morgan fingerprint density at radius 2 is 2.33 bits per heavy atom. The average molecular weight is 244 g/mol. The Labute approximate surface area is 97.4 Å². The van der Waals surface area contributed by atoms with Crippen molar-refractivity contribution in [3.05, 3.63) is 28.0 Å². The molecule has 0 spiro atoms. The van der Waals surface area contributed by atoms with E-state index in [2.05, 4.69) is 21.6 Å². The Kier molecular flexibility index (Phi) is 4.41. The summed E-state index contributed by atoms with van der Waals surface area (Å²) in [5.41, 5.74) is 0.393. The van der Waals surface area contributed by atoms with Gasteiger partial charge in [-0.15, -0.1) is 0 Å². The van der Waals surface area contributed by atoms with Gasteiger partial charge >= 0.3 is 5.97 Å². The molecule has 5 heteroatoms. The van der Waals surface area contributed by atoms with E-state index in [0.717, 1.165) is 0 Å². The van der Waals surface area contributed by atoms with E-state index in [9.17, 15) is 4.79 Å². The molecule has 0 N–H and O–H groups in total. The van der Waals surface area contributed by atoms with Crippen LogP contribution in [0.2, 0.25) is 10.0 Å². The summed E-state index contributed by atoms with van der Waals surface area (Å²) in [5.74, 6) is 4.86. The van der Waals surface area contributed by atoms with Crippen molar-refractivity contribution in [2.75, 3.05) is 7.11 Å².